The SMILES string of the molecule is C=CCN1CCC(CCCC2CCN(CC=C)CC2)CC1. The van der Waals surface area contributed by atoms with E-state index in [2.05, 4.69) is 23.0 Å². The Balaban J connectivity index is 1.52. The van der Waals surface area contributed by atoms with Gasteiger partial charge in [-0.1, -0.05) is 31.4 Å². The quantitative estimate of drug-likeness (QED) is 0.625. The number of nitrogens with zero attached hydrogens (tertiary/aromatic N) is 2. The first-order valence-corrected chi connectivity index (χ1v) is 8.98. The Bertz CT molecular complexity index is 267. The Morgan fingerprint density at radius 2 is 1.10 bits per heavy atom. The molecule has 2 rings (SSSR count). The Kier molecular flexibility index (Phi) is 7.52. The monoisotopic (exact) mass is 290 g/mol. The van der Waals surface area contributed by atoms with E-state index in [-0.39, 0.29) is 0 Å². The minimum atomic E-state index is 0.993. The van der Waals surface area contributed by atoms with Crippen molar-refractivity contribution in [1.29, 1.82) is 0 Å². The lowest BCUT2D eigenvalue weighted by Crippen LogP contribution is -2.34. The predicted octanol–water partition coefficient (Wildman–Crippen LogP) is 3.95. The van der Waals surface area contributed by atoms with Gasteiger partial charge in [-0.2, -0.15) is 0 Å². The molecule has 0 atom stereocenters. The summed E-state index contributed by atoms with van der Waals surface area (Å²) in [6.07, 6.45) is 14.1. The summed E-state index contributed by atoms with van der Waals surface area (Å²) in [7, 11) is 0. The van der Waals surface area contributed by atoms with Gasteiger partial charge in [0.15, 0.2) is 0 Å². The highest BCUT2D eigenvalue weighted by molar-refractivity contribution is 4.80. The summed E-state index contributed by atoms with van der Waals surface area (Å²) in [5.74, 6) is 1.99. The molecule has 2 aliphatic heterocycles. The van der Waals surface area contributed by atoms with Crippen LogP contribution in [0, 0.1) is 11.8 Å². The topological polar surface area (TPSA) is 6.48 Å². The van der Waals surface area contributed by atoms with Crippen LogP contribution in [0.4, 0.5) is 0 Å². The molecule has 2 nitrogen and oxygen atoms in total. The first kappa shape index (κ1) is 16.8. The largest absolute Gasteiger partial charge is 0.300 e. The van der Waals surface area contributed by atoms with Crippen molar-refractivity contribution in [3.63, 3.8) is 0 Å². The Labute approximate surface area is 131 Å². The van der Waals surface area contributed by atoms with Crippen molar-refractivity contribution >= 4 is 0 Å². The molecule has 0 saturated carbocycles. The van der Waals surface area contributed by atoms with Gasteiger partial charge in [-0.25, -0.2) is 0 Å². The van der Waals surface area contributed by atoms with Crippen LogP contribution in [0.5, 0.6) is 0 Å². The molecular weight excluding hydrogens is 256 g/mol. The number of likely N-dealkylation sites (tertiary alicyclic amines) is 2. The van der Waals surface area contributed by atoms with Crippen molar-refractivity contribution in [3.05, 3.63) is 25.3 Å². The second-order valence-corrected chi connectivity index (χ2v) is 7.00. The molecule has 21 heavy (non-hydrogen) atoms. The van der Waals surface area contributed by atoms with Crippen LogP contribution in [-0.4, -0.2) is 49.1 Å². The van der Waals surface area contributed by atoms with Gasteiger partial charge in [-0.05, 0) is 63.7 Å². The smallest absolute Gasteiger partial charge is 0.0160 e. The Morgan fingerprint density at radius 1 is 0.714 bits per heavy atom. The van der Waals surface area contributed by atoms with E-state index in [9.17, 15) is 0 Å². The third-order valence-electron chi connectivity index (χ3n) is 5.41. The summed E-state index contributed by atoms with van der Waals surface area (Å²) in [6.45, 7) is 15.0. The fraction of sp³-hybridized carbons (Fsp3) is 0.789. The van der Waals surface area contributed by atoms with E-state index in [1.54, 1.807) is 0 Å². The molecule has 2 fully saturated rings. The minimum absolute atomic E-state index is 0.993. The van der Waals surface area contributed by atoms with Gasteiger partial charge >= 0.3 is 0 Å². The average molecular weight is 290 g/mol. The molecular formula is C19H34N2. The molecule has 0 aromatic heterocycles. The second kappa shape index (κ2) is 9.42. The zero-order valence-corrected chi connectivity index (χ0v) is 13.8. The van der Waals surface area contributed by atoms with Crippen LogP contribution in [0.3, 0.4) is 0 Å². The molecule has 0 unspecified atom stereocenters. The molecule has 0 aromatic rings. The molecule has 120 valence electrons. The van der Waals surface area contributed by atoms with Crippen molar-refractivity contribution in [2.75, 3.05) is 39.3 Å². The molecule has 0 aliphatic carbocycles. The Morgan fingerprint density at radius 3 is 1.43 bits per heavy atom. The summed E-state index contributed by atoms with van der Waals surface area (Å²) in [4.78, 5) is 5.08. The van der Waals surface area contributed by atoms with Crippen molar-refractivity contribution < 1.29 is 0 Å². The zero-order valence-electron chi connectivity index (χ0n) is 13.8. The maximum atomic E-state index is 3.84. The molecule has 2 saturated heterocycles. The summed E-state index contributed by atoms with van der Waals surface area (Å²) in [5, 5.41) is 0. The van der Waals surface area contributed by atoms with Gasteiger partial charge in [0.2, 0.25) is 0 Å². The van der Waals surface area contributed by atoms with E-state index in [0.29, 0.717) is 0 Å². The third-order valence-corrected chi connectivity index (χ3v) is 5.41. The lowest BCUT2D eigenvalue weighted by molar-refractivity contribution is 0.176. The van der Waals surface area contributed by atoms with Gasteiger partial charge in [-0.3, -0.25) is 9.80 Å². The summed E-state index contributed by atoms with van der Waals surface area (Å²) < 4.78 is 0. The van der Waals surface area contributed by atoms with Gasteiger partial charge in [0.1, 0.15) is 0 Å². The summed E-state index contributed by atoms with van der Waals surface area (Å²) in [5.41, 5.74) is 0. The second-order valence-electron chi connectivity index (χ2n) is 7.00. The number of rotatable bonds is 8. The maximum absolute atomic E-state index is 3.84. The number of hydrogen-bond acceptors (Lipinski definition) is 2. The summed E-state index contributed by atoms with van der Waals surface area (Å²) in [6, 6.07) is 0. The van der Waals surface area contributed by atoms with Crippen LogP contribution in [0.1, 0.15) is 44.9 Å². The van der Waals surface area contributed by atoms with Gasteiger partial charge in [-0.15, -0.1) is 13.2 Å². The fourth-order valence-corrected chi connectivity index (χ4v) is 3.98. The van der Waals surface area contributed by atoms with Crippen LogP contribution in [0.2, 0.25) is 0 Å². The highest BCUT2D eigenvalue weighted by Crippen LogP contribution is 2.27. The minimum Gasteiger partial charge on any atom is -0.300 e. The van der Waals surface area contributed by atoms with Crippen LogP contribution in [-0.2, 0) is 0 Å². The van der Waals surface area contributed by atoms with E-state index in [4.69, 9.17) is 0 Å². The Hall–Kier alpha value is -0.600. The van der Waals surface area contributed by atoms with E-state index < -0.39 is 0 Å². The van der Waals surface area contributed by atoms with Crippen LogP contribution >= 0.6 is 0 Å². The molecule has 0 aromatic carbocycles. The van der Waals surface area contributed by atoms with Crippen molar-refractivity contribution in [1.82, 2.24) is 9.80 Å². The lowest BCUT2D eigenvalue weighted by Gasteiger charge is -2.33. The van der Waals surface area contributed by atoms with Crippen molar-refractivity contribution in [2.24, 2.45) is 11.8 Å². The maximum Gasteiger partial charge on any atom is 0.0160 e. The van der Waals surface area contributed by atoms with Gasteiger partial charge in [0.25, 0.3) is 0 Å². The van der Waals surface area contributed by atoms with Crippen LogP contribution in [0.15, 0.2) is 25.3 Å². The number of hydrogen-bond donors (Lipinski definition) is 0. The first-order chi connectivity index (χ1) is 10.3. The van der Waals surface area contributed by atoms with E-state index >= 15 is 0 Å². The molecule has 0 spiro atoms. The molecule has 2 aliphatic rings. The van der Waals surface area contributed by atoms with Gasteiger partial charge < -0.3 is 0 Å². The number of piperidine rings is 2. The van der Waals surface area contributed by atoms with Gasteiger partial charge in [0.05, 0.1) is 0 Å². The van der Waals surface area contributed by atoms with E-state index in [1.165, 1.54) is 71.1 Å². The molecule has 0 amide bonds. The van der Waals surface area contributed by atoms with Crippen LogP contribution in [0.25, 0.3) is 0 Å². The standard InChI is InChI=1S/C19H34N2/c1-3-12-20-14-8-18(9-15-20)6-5-7-19-10-16-21(13-4-2)17-11-19/h3-4,18-19H,1-2,5-17H2. The molecule has 0 bridgehead atoms. The molecule has 0 N–H and O–H groups in total. The normalized spacial score (nSPS) is 23.2. The summed E-state index contributed by atoms with van der Waals surface area (Å²) >= 11 is 0. The lowest BCUT2D eigenvalue weighted by atomic mass is 9.87. The highest BCUT2D eigenvalue weighted by atomic mass is 15.1. The van der Waals surface area contributed by atoms with Crippen LogP contribution < -0.4 is 0 Å². The molecule has 2 heterocycles. The predicted molar refractivity (Wildman–Crippen MR) is 92.6 cm³/mol. The zero-order chi connectivity index (χ0) is 14.9. The molecule has 2 heteroatoms. The molecule has 0 radical (unpaired) electrons. The fourth-order valence-electron chi connectivity index (χ4n) is 3.98. The van der Waals surface area contributed by atoms with Crippen molar-refractivity contribution in [2.45, 2.75) is 44.9 Å². The van der Waals surface area contributed by atoms with E-state index in [0.717, 1.165) is 24.9 Å². The van der Waals surface area contributed by atoms with Crippen molar-refractivity contribution in [3.8, 4) is 0 Å². The average Bonchev–Trinajstić information content (AvgIpc) is 2.51. The van der Waals surface area contributed by atoms with Gasteiger partial charge in [0, 0.05) is 13.1 Å². The highest BCUT2D eigenvalue weighted by Gasteiger charge is 2.20. The third kappa shape index (κ3) is 5.96. The van der Waals surface area contributed by atoms with E-state index in [1.807, 2.05) is 12.2 Å². The first-order valence-electron chi connectivity index (χ1n) is 8.98.